The third-order valence-electron chi connectivity index (χ3n) is 8.29. The van der Waals surface area contributed by atoms with Crippen molar-refractivity contribution >= 4 is 65.7 Å². The normalized spacial score (nSPS) is 13.4. The first kappa shape index (κ1) is 31.7. The van der Waals surface area contributed by atoms with E-state index in [-0.39, 0.29) is 16.5 Å². The second kappa shape index (κ2) is 11.4. The van der Waals surface area contributed by atoms with E-state index in [0.717, 1.165) is 35.0 Å². The van der Waals surface area contributed by atoms with E-state index in [2.05, 4.69) is 32.6 Å². The smallest absolute Gasteiger partial charge is 0.274 e. The minimum Gasteiger partial charge on any atom is -0.274 e. The summed E-state index contributed by atoms with van der Waals surface area (Å²) < 4.78 is 109. The molecule has 238 valence electrons. The summed E-state index contributed by atoms with van der Waals surface area (Å²) in [6.45, 7) is 0. The molecule has 0 atom stereocenters. The van der Waals surface area contributed by atoms with E-state index in [9.17, 15) is 40.4 Å². The lowest BCUT2D eigenvalue weighted by Crippen LogP contribution is -2.05. The van der Waals surface area contributed by atoms with Gasteiger partial charge in [0.1, 0.15) is 11.6 Å². The van der Waals surface area contributed by atoms with E-state index >= 15 is 0 Å². The van der Waals surface area contributed by atoms with Gasteiger partial charge in [-0.05, 0) is 104 Å². The van der Waals surface area contributed by atoms with E-state index in [1.165, 1.54) is 0 Å². The molecule has 7 aromatic carbocycles. The third kappa shape index (κ3) is 5.35. The van der Waals surface area contributed by atoms with Crippen molar-refractivity contribution < 1.29 is 35.1 Å². The van der Waals surface area contributed by atoms with Crippen molar-refractivity contribution in [1.29, 1.82) is 5.26 Å². The molecule has 0 N–H and O–H groups in total. The lowest BCUT2D eigenvalue weighted by molar-refractivity contribution is -0.138. The Balaban J connectivity index is 1.48. The van der Waals surface area contributed by atoms with Gasteiger partial charge in [-0.25, -0.2) is 8.78 Å². The molecule has 3 nitrogen and oxygen atoms in total. The first-order valence-electron chi connectivity index (χ1n) is 14.1. The standard InChI is InChI=1S/C36H16F8IN3/c37-23-7-19(5-21(11-23)35(39,40)41)17-1-3-25-27-13-28-26-4-2-18(20-6-22(36(42,43)44)12-24(38)8-20)10-30(26)34(48-16-46)32(28)14-31(27)33(47-15-45)29(25)9-17/h1-14H,15H2. The van der Waals surface area contributed by atoms with Crippen LogP contribution in [0.15, 0.2) is 94.9 Å². The van der Waals surface area contributed by atoms with Crippen LogP contribution in [-0.4, -0.2) is 4.55 Å². The fourth-order valence-corrected chi connectivity index (χ4v) is 6.62. The SMILES string of the molecule is N#CN=c1c2cc(-c3cc(F)cc(C(F)(F)F)c3)ccc2c2cc3c(cc12)c(=NCI)c1cc(-c2cc(F)cc(C(F)(F)F)c2)ccc13. The molecule has 0 saturated carbocycles. The van der Waals surface area contributed by atoms with Crippen molar-refractivity contribution in [2.45, 2.75) is 12.4 Å². The summed E-state index contributed by atoms with van der Waals surface area (Å²) in [6.07, 6.45) is -7.70. The number of nitrogens with zero attached hydrogens (tertiary/aromatic N) is 3. The van der Waals surface area contributed by atoms with Gasteiger partial charge < -0.3 is 0 Å². The summed E-state index contributed by atoms with van der Waals surface area (Å²) in [7, 11) is 0. The van der Waals surface area contributed by atoms with Crippen LogP contribution in [-0.2, 0) is 12.4 Å². The fourth-order valence-electron chi connectivity index (χ4n) is 6.28. The molecule has 0 aliphatic heterocycles. The summed E-state index contributed by atoms with van der Waals surface area (Å²) in [4.78, 5) is 8.72. The van der Waals surface area contributed by atoms with Crippen LogP contribution >= 0.6 is 22.6 Å². The Morgan fingerprint density at radius 1 is 0.521 bits per heavy atom. The Morgan fingerprint density at radius 2 is 0.958 bits per heavy atom. The number of benzene rings is 5. The monoisotopic (exact) mass is 769 g/mol. The number of halogens is 9. The highest BCUT2D eigenvalue weighted by Gasteiger charge is 2.32. The molecule has 0 heterocycles. The van der Waals surface area contributed by atoms with Gasteiger partial charge in [-0.3, -0.25) is 4.99 Å². The maximum absolute atomic E-state index is 14.3. The molecule has 0 saturated heterocycles. The molecule has 0 bridgehead atoms. The molecule has 0 spiro atoms. The van der Waals surface area contributed by atoms with Gasteiger partial charge in [-0.15, -0.1) is 0 Å². The van der Waals surface area contributed by atoms with Crippen LogP contribution in [0.5, 0.6) is 0 Å². The molecule has 7 aromatic rings. The van der Waals surface area contributed by atoms with E-state index in [1.54, 1.807) is 48.7 Å². The first-order chi connectivity index (χ1) is 22.8. The Labute approximate surface area is 278 Å². The van der Waals surface area contributed by atoms with Crippen LogP contribution in [0, 0.1) is 23.1 Å². The lowest BCUT2D eigenvalue weighted by Gasteiger charge is -2.10. The van der Waals surface area contributed by atoms with Crippen molar-refractivity contribution in [3.8, 4) is 28.4 Å². The molecule has 0 aliphatic carbocycles. The molecule has 0 aliphatic rings. The van der Waals surface area contributed by atoms with Crippen molar-refractivity contribution in [2.24, 2.45) is 9.98 Å². The van der Waals surface area contributed by atoms with E-state index in [1.807, 2.05) is 6.07 Å². The van der Waals surface area contributed by atoms with Gasteiger partial charge in [0, 0.05) is 21.5 Å². The van der Waals surface area contributed by atoms with E-state index < -0.39 is 35.1 Å². The maximum atomic E-state index is 14.3. The van der Waals surface area contributed by atoms with Crippen molar-refractivity contribution in [2.75, 3.05) is 4.55 Å². The highest BCUT2D eigenvalue weighted by atomic mass is 127. The zero-order chi connectivity index (χ0) is 34.1. The summed E-state index contributed by atoms with van der Waals surface area (Å²) in [5.74, 6) is -2.07. The molecule has 48 heavy (non-hydrogen) atoms. The second-order valence-corrected chi connectivity index (χ2v) is 11.8. The highest BCUT2D eigenvalue weighted by Crippen LogP contribution is 2.38. The molecule has 0 radical (unpaired) electrons. The van der Waals surface area contributed by atoms with E-state index in [0.29, 0.717) is 65.5 Å². The molecule has 0 aromatic heterocycles. The van der Waals surface area contributed by atoms with Crippen LogP contribution in [0.2, 0.25) is 0 Å². The Kier molecular flexibility index (Phi) is 7.50. The molecule has 12 heteroatoms. The van der Waals surface area contributed by atoms with E-state index in [4.69, 9.17) is 0 Å². The maximum Gasteiger partial charge on any atom is 0.416 e. The highest BCUT2D eigenvalue weighted by molar-refractivity contribution is 14.1. The molecule has 0 fully saturated rings. The van der Waals surface area contributed by atoms with Gasteiger partial charge >= 0.3 is 12.4 Å². The fraction of sp³-hybridized carbons (Fsp3) is 0.0833. The molecule has 7 rings (SSSR count). The summed E-state index contributed by atoms with van der Waals surface area (Å²) in [6, 6.07) is 18.1. The quantitative estimate of drug-likeness (QED) is 0.0581. The summed E-state index contributed by atoms with van der Waals surface area (Å²) in [5.41, 5.74) is -1.54. The minimum absolute atomic E-state index is 0.00160. The predicted octanol–water partition coefficient (Wildman–Crippen LogP) is 10.5. The summed E-state index contributed by atoms with van der Waals surface area (Å²) >= 11 is 2.06. The van der Waals surface area contributed by atoms with Gasteiger partial charge in [-0.2, -0.15) is 36.6 Å². The largest absolute Gasteiger partial charge is 0.416 e. The van der Waals surface area contributed by atoms with Crippen LogP contribution < -0.4 is 10.7 Å². The number of fused-ring (bicyclic) bond motifs is 6. The predicted molar refractivity (Wildman–Crippen MR) is 175 cm³/mol. The lowest BCUT2D eigenvalue weighted by atomic mass is 9.99. The number of rotatable bonds is 3. The van der Waals surface area contributed by atoms with Gasteiger partial charge in [0.05, 0.1) is 26.4 Å². The number of hydrogen-bond donors (Lipinski definition) is 0. The molecular weight excluding hydrogens is 753 g/mol. The molecular formula is C36H16F8IN3. The van der Waals surface area contributed by atoms with Gasteiger partial charge in [-0.1, -0.05) is 46.9 Å². The van der Waals surface area contributed by atoms with Crippen LogP contribution in [0.4, 0.5) is 35.1 Å². The van der Waals surface area contributed by atoms with Gasteiger partial charge in [0.2, 0.25) is 6.19 Å². The Bertz CT molecular complexity index is 2620. The van der Waals surface area contributed by atoms with Gasteiger partial charge in [0.15, 0.2) is 0 Å². The zero-order valence-electron chi connectivity index (χ0n) is 24.0. The second-order valence-electron chi connectivity index (χ2n) is 11.1. The summed E-state index contributed by atoms with van der Waals surface area (Å²) in [5, 5.41) is 15.6. The van der Waals surface area contributed by atoms with Crippen molar-refractivity contribution in [1.82, 2.24) is 0 Å². The topological polar surface area (TPSA) is 48.5 Å². The number of hydrogen-bond acceptors (Lipinski definition) is 3. The van der Waals surface area contributed by atoms with Gasteiger partial charge in [0.25, 0.3) is 0 Å². The number of alkyl halides is 7. The van der Waals surface area contributed by atoms with Crippen molar-refractivity contribution in [3.63, 3.8) is 0 Å². The Hall–Kier alpha value is -4.90. The van der Waals surface area contributed by atoms with Crippen LogP contribution in [0.1, 0.15) is 11.1 Å². The minimum atomic E-state index is -4.75. The number of nitriles is 1. The zero-order valence-corrected chi connectivity index (χ0v) is 26.2. The molecule has 0 amide bonds. The average Bonchev–Trinajstić information content (AvgIpc) is 3.49. The first-order valence-corrected chi connectivity index (χ1v) is 15.6. The van der Waals surface area contributed by atoms with Crippen molar-refractivity contribution in [3.05, 3.63) is 118 Å². The van der Waals surface area contributed by atoms with Crippen LogP contribution in [0.25, 0.3) is 65.3 Å². The molecule has 0 unspecified atom stereocenters. The van der Waals surface area contributed by atoms with Crippen LogP contribution in [0.3, 0.4) is 0 Å². The third-order valence-corrected chi connectivity index (χ3v) is 8.64. The Morgan fingerprint density at radius 3 is 1.42 bits per heavy atom. The average molecular weight is 769 g/mol.